The maximum absolute atomic E-state index is 13.1. The van der Waals surface area contributed by atoms with Gasteiger partial charge in [-0.2, -0.15) is 0 Å². The highest BCUT2D eigenvalue weighted by atomic mass is 16.5. The van der Waals surface area contributed by atoms with Crippen molar-refractivity contribution in [1.29, 1.82) is 0 Å². The molecule has 3 N–H and O–H groups in total. The van der Waals surface area contributed by atoms with E-state index in [1.165, 1.54) is 0 Å². The normalized spacial score (nSPS) is 10.7. The predicted octanol–water partition coefficient (Wildman–Crippen LogP) is 7.12. The van der Waals surface area contributed by atoms with E-state index in [1.807, 2.05) is 72.8 Å². The Hall–Kier alpha value is -5.18. The van der Waals surface area contributed by atoms with Crippen molar-refractivity contribution in [3.63, 3.8) is 0 Å². The van der Waals surface area contributed by atoms with Gasteiger partial charge in [0.1, 0.15) is 11.5 Å². The van der Waals surface area contributed by atoms with Gasteiger partial charge in [0.2, 0.25) is 0 Å². The summed E-state index contributed by atoms with van der Waals surface area (Å²) in [5, 5.41) is 21.1. The average molecular weight is 639 g/mol. The number of benzene rings is 3. The lowest BCUT2D eigenvalue weighted by Crippen LogP contribution is -2.22. The molecule has 0 radical (unpaired) electrons. The second-order valence-electron chi connectivity index (χ2n) is 11.3. The zero-order valence-electron chi connectivity index (χ0n) is 26.5. The maximum atomic E-state index is 13.1. The maximum Gasteiger partial charge on any atom is 0.303 e. The Balaban J connectivity index is 1.29. The quantitative estimate of drug-likeness (QED) is 0.0871. The van der Waals surface area contributed by atoms with Crippen molar-refractivity contribution in [3.05, 3.63) is 114 Å². The molecule has 47 heavy (non-hydrogen) atoms. The fourth-order valence-corrected chi connectivity index (χ4v) is 5.26. The molecule has 0 aliphatic rings. The molecular weight excluding hydrogens is 596 g/mol. The minimum absolute atomic E-state index is 0.00176. The van der Waals surface area contributed by atoms with Gasteiger partial charge in [0.15, 0.2) is 0 Å². The predicted molar refractivity (Wildman–Crippen MR) is 180 cm³/mol. The largest absolute Gasteiger partial charge is 0.494 e. The van der Waals surface area contributed by atoms with Gasteiger partial charge in [0.25, 0.3) is 5.91 Å². The number of aliphatic carboxylic acids is 2. The van der Waals surface area contributed by atoms with Gasteiger partial charge in [0.05, 0.1) is 13.2 Å². The SMILES string of the molecule is O=C(O)CCCOc1cccc(CCCCCCOc2cc(C(=O)NCc3ccccc3)cc(-c3cccnc3)c2)c1CCC(=O)O. The van der Waals surface area contributed by atoms with Crippen LogP contribution in [0.3, 0.4) is 0 Å². The number of aryl methyl sites for hydroxylation is 1. The van der Waals surface area contributed by atoms with E-state index >= 15 is 0 Å². The van der Waals surface area contributed by atoms with E-state index in [2.05, 4.69) is 10.3 Å². The number of aromatic nitrogens is 1. The number of pyridine rings is 1. The highest BCUT2D eigenvalue weighted by Crippen LogP contribution is 2.28. The Labute approximate surface area is 275 Å². The first-order valence-corrected chi connectivity index (χ1v) is 16.1. The Morgan fingerprint density at radius 1 is 0.702 bits per heavy atom. The molecule has 1 amide bonds. The number of unbranched alkanes of at least 4 members (excludes halogenated alkanes) is 3. The molecule has 0 aliphatic heterocycles. The number of carbonyl (C=O) groups excluding carboxylic acids is 1. The summed E-state index contributed by atoms with van der Waals surface area (Å²) in [6, 6.07) is 24.9. The number of hydrogen-bond donors (Lipinski definition) is 3. The van der Waals surface area contributed by atoms with Gasteiger partial charge in [-0.15, -0.1) is 0 Å². The number of ether oxygens (including phenoxy) is 2. The first-order valence-electron chi connectivity index (χ1n) is 16.1. The van der Waals surface area contributed by atoms with Gasteiger partial charge in [-0.05, 0) is 84.7 Å². The van der Waals surface area contributed by atoms with Crippen molar-refractivity contribution in [2.24, 2.45) is 0 Å². The molecule has 0 saturated carbocycles. The summed E-state index contributed by atoms with van der Waals surface area (Å²) < 4.78 is 12.0. The molecule has 0 aliphatic carbocycles. The van der Waals surface area contributed by atoms with E-state index in [0.29, 0.717) is 43.1 Å². The van der Waals surface area contributed by atoms with Crippen molar-refractivity contribution >= 4 is 17.8 Å². The lowest BCUT2D eigenvalue weighted by molar-refractivity contribution is -0.138. The highest BCUT2D eigenvalue weighted by Gasteiger charge is 2.13. The third-order valence-corrected chi connectivity index (χ3v) is 7.68. The van der Waals surface area contributed by atoms with Crippen LogP contribution in [0.5, 0.6) is 11.5 Å². The lowest BCUT2D eigenvalue weighted by Gasteiger charge is -2.15. The molecule has 0 unspecified atom stereocenters. The van der Waals surface area contributed by atoms with Crippen LogP contribution < -0.4 is 14.8 Å². The molecule has 9 nitrogen and oxygen atoms in total. The van der Waals surface area contributed by atoms with Gasteiger partial charge in [-0.3, -0.25) is 19.4 Å². The van der Waals surface area contributed by atoms with Gasteiger partial charge in [-0.1, -0.05) is 61.4 Å². The summed E-state index contributed by atoms with van der Waals surface area (Å²) in [5.41, 5.74) is 5.23. The molecule has 0 bridgehead atoms. The van der Waals surface area contributed by atoms with E-state index in [4.69, 9.17) is 14.6 Å². The Kier molecular flexibility index (Phi) is 13.8. The summed E-state index contributed by atoms with van der Waals surface area (Å²) in [5.74, 6) is -0.670. The number of amides is 1. The molecular formula is C38H42N2O7. The van der Waals surface area contributed by atoms with Crippen LogP contribution in [0.15, 0.2) is 91.3 Å². The highest BCUT2D eigenvalue weighted by molar-refractivity contribution is 5.96. The van der Waals surface area contributed by atoms with Crippen molar-refractivity contribution in [2.75, 3.05) is 13.2 Å². The second-order valence-corrected chi connectivity index (χ2v) is 11.3. The smallest absolute Gasteiger partial charge is 0.303 e. The van der Waals surface area contributed by atoms with E-state index in [9.17, 15) is 19.5 Å². The van der Waals surface area contributed by atoms with E-state index in [0.717, 1.165) is 59.9 Å². The molecule has 9 heteroatoms. The molecule has 0 fully saturated rings. The summed E-state index contributed by atoms with van der Waals surface area (Å²) >= 11 is 0. The topological polar surface area (TPSA) is 135 Å². The number of nitrogens with one attached hydrogen (secondary N) is 1. The second kappa shape index (κ2) is 18.7. The third kappa shape index (κ3) is 11.9. The summed E-state index contributed by atoms with van der Waals surface area (Å²) in [7, 11) is 0. The van der Waals surface area contributed by atoms with Crippen molar-refractivity contribution < 1.29 is 34.1 Å². The first-order chi connectivity index (χ1) is 22.9. The Morgan fingerprint density at radius 3 is 2.26 bits per heavy atom. The van der Waals surface area contributed by atoms with Crippen molar-refractivity contribution in [3.8, 4) is 22.6 Å². The number of nitrogens with zero attached hydrogens (tertiary/aromatic N) is 1. The van der Waals surface area contributed by atoms with Gasteiger partial charge >= 0.3 is 11.9 Å². The molecule has 1 heterocycles. The lowest BCUT2D eigenvalue weighted by atomic mass is 9.97. The molecule has 246 valence electrons. The molecule has 0 saturated heterocycles. The van der Waals surface area contributed by atoms with Crippen LogP contribution in [0, 0.1) is 0 Å². The number of carboxylic acids is 2. The van der Waals surface area contributed by atoms with Crippen LogP contribution >= 0.6 is 0 Å². The molecule has 4 aromatic rings. The monoisotopic (exact) mass is 638 g/mol. The van der Waals surface area contributed by atoms with E-state index < -0.39 is 11.9 Å². The van der Waals surface area contributed by atoms with Gasteiger partial charge in [-0.25, -0.2) is 0 Å². The first kappa shape index (κ1) is 34.7. The van der Waals surface area contributed by atoms with Crippen LogP contribution in [0.2, 0.25) is 0 Å². The molecule has 3 aromatic carbocycles. The Morgan fingerprint density at radius 2 is 1.49 bits per heavy atom. The summed E-state index contributed by atoms with van der Waals surface area (Å²) in [4.78, 5) is 39.4. The van der Waals surface area contributed by atoms with Gasteiger partial charge in [0, 0.05) is 42.9 Å². The summed E-state index contributed by atoms with van der Waals surface area (Å²) in [6.45, 7) is 1.20. The zero-order chi connectivity index (χ0) is 33.3. The molecule has 0 atom stereocenters. The van der Waals surface area contributed by atoms with Crippen LogP contribution in [0.25, 0.3) is 11.1 Å². The van der Waals surface area contributed by atoms with Crippen LogP contribution in [-0.4, -0.2) is 46.3 Å². The van der Waals surface area contributed by atoms with Crippen molar-refractivity contribution in [1.82, 2.24) is 10.3 Å². The third-order valence-electron chi connectivity index (χ3n) is 7.68. The Bertz CT molecular complexity index is 1590. The van der Waals surface area contributed by atoms with E-state index in [1.54, 1.807) is 18.5 Å². The number of hydrogen-bond acceptors (Lipinski definition) is 6. The van der Waals surface area contributed by atoms with E-state index in [-0.39, 0.29) is 25.4 Å². The minimum Gasteiger partial charge on any atom is -0.494 e. The summed E-state index contributed by atoms with van der Waals surface area (Å²) in [6.07, 6.45) is 8.70. The number of rotatable bonds is 20. The fourth-order valence-electron chi connectivity index (χ4n) is 5.26. The number of carbonyl (C=O) groups is 3. The fraction of sp³-hybridized carbons (Fsp3) is 0.316. The average Bonchev–Trinajstić information content (AvgIpc) is 3.08. The van der Waals surface area contributed by atoms with Crippen LogP contribution in [0.1, 0.15) is 72.0 Å². The van der Waals surface area contributed by atoms with Crippen LogP contribution in [0.4, 0.5) is 0 Å². The van der Waals surface area contributed by atoms with Gasteiger partial charge < -0.3 is 25.0 Å². The molecule has 1 aromatic heterocycles. The standard InChI is InChI=1S/C38H42N2O7/c41-36(42)17-10-22-47-35-16-8-14-29(34(35)18-19-37(43)44)13-6-1-2-7-21-46-33-24-31(30-15-9-20-39-27-30)23-32(25-33)38(45)40-26-28-11-4-3-5-12-28/h3-5,8-9,11-12,14-16,20,23-25,27H,1-2,6-7,10,13,17-19,21-22,26H2,(H,40,45)(H,41,42)(H,43,44). The molecule has 0 spiro atoms. The van der Waals surface area contributed by atoms with Crippen LogP contribution in [-0.2, 0) is 29.0 Å². The molecule has 4 rings (SSSR count). The zero-order valence-corrected chi connectivity index (χ0v) is 26.5. The van der Waals surface area contributed by atoms with Crippen molar-refractivity contribution in [2.45, 2.75) is 64.3 Å². The minimum atomic E-state index is -0.873. The number of carboxylic acid groups (broad SMARTS) is 2.